The van der Waals surface area contributed by atoms with E-state index in [2.05, 4.69) is 42.5 Å². The van der Waals surface area contributed by atoms with Crippen LogP contribution in [-0.2, 0) is 24.2 Å². The van der Waals surface area contributed by atoms with Gasteiger partial charge in [-0.1, -0.05) is 41.5 Å². The SMILES string of the molecule is CC.CC(C)(C)C.Cn1nccc1NS(=O)c1ccc2[nH]c(=O)cc(C(F)(F)F)c2c1. The van der Waals surface area contributed by atoms with E-state index in [1.807, 2.05) is 13.8 Å². The number of aromatic amines is 1. The van der Waals surface area contributed by atoms with Gasteiger partial charge in [0.1, 0.15) is 5.82 Å². The summed E-state index contributed by atoms with van der Waals surface area (Å²) in [6.45, 7) is 12.8. The van der Waals surface area contributed by atoms with Gasteiger partial charge in [0.05, 0.1) is 16.7 Å². The number of aryl methyl sites for hydroxylation is 1. The van der Waals surface area contributed by atoms with Crippen LogP contribution in [0, 0.1) is 5.41 Å². The maximum absolute atomic E-state index is 13.1. The van der Waals surface area contributed by atoms with Crippen LogP contribution in [0.25, 0.3) is 10.9 Å². The minimum absolute atomic E-state index is 0.0242. The van der Waals surface area contributed by atoms with Gasteiger partial charge in [-0.3, -0.25) is 14.2 Å². The zero-order valence-electron chi connectivity index (χ0n) is 18.7. The van der Waals surface area contributed by atoms with E-state index in [1.54, 1.807) is 13.1 Å². The summed E-state index contributed by atoms with van der Waals surface area (Å²) in [5.41, 5.74) is -1.39. The topological polar surface area (TPSA) is 79.8 Å². The molecular weight excluding hydrogens is 429 g/mol. The fourth-order valence-electron chi connectivity index (χ4n) is 2.21. The number of halogens is 3. The number of nitrogens with zero attached hydrogens (tertiary/aromatic N) is 2. The molecule has 1 unspecified atom stereocenters. The molecule has 0 aliphatic rings. The molecule has 0 aliphatic heterocycles. The van der Waals surface area contributed by atoms with Crippen LogP contribution in [0.1, 0.15) is 47.1 Å². The fraction of sp³-hybridized carbons (Fsp3) is 0.429. The fourth-order valence-corrected chi connectivity index (χ4v) is 3.14. The van der Waals surface area contributed by atoms with Crippen molar-refractivity contribution in [3.05, 3.63) is 52.4 Å². The predicted molar refractivity (Wildman–Crippen MR) is 119 cm³/mol. The highest BCUT2D eigenvalue weighted by atomic mass is 32.2. The van der Waals surface area contributed by atoms with Crippen molar-refractivity contribution in [1.29, 1.82) is 0 Å². The molecule has 0 aliphatic carbocycles. The number of nitrogens with one attached hydrogen (secondary N) is 2. The minimum Gasteiger partial charge on any atom is -0.322 e. The van der Waals surface area contributed by atoms with Gasteiger partial charge in [-0.15, -0.1) is 0 Å². The number of fused-ring (bicyclic) bond motifs is 1. The van der Waals surface area contributed by atoms with Gasteiger partial charge in [-0.05, 0) is 23.6 Å². The van der Waals surface area contributed by atoms with Crippen molar-refractivity contribution in [3.8, 4) is 0 Å². The number of rotatable bonds is 3. The minimum atomic E-state index is -4.69. The molecule has 0 spiro atoms. The number of aromatic nitrogens is 3. The van der Waals surface area contributed by atoms with Crippen molar-refractivity contribution >= 4 is 27.7 Å². The molecule has 3 rings (SSSR count). The number of hydrogen-bond donors (Lipinski definition) is 2. The lowest BCUT2D eigenvalue weighted by Gasteiger charge is -2.11. The maximum atomic E-state index is 13.1. The molecule has 2 heterocycles. The van der Waals surface area contributed by atoms with E-state index in [0.717, 1.165) is 6.07 Å². The lowest BCUT2D eigenvalue weighted by molar-refractivity contribution is -0.136. The third-order valence-electron chi connectivity index (χ3n) is 3.35. The summed E-state index contributed by atoms with van der Waals surface area (Å²) >= 11 is 0. The first-order chi connectivity index (χ1) is 14.3. The molecule has 1 aromatic carbocycles. The number of anilines is 1. The standard InChI is InChI=1S/C14H11F3N4O2S.C5H12.C2H6/c1-21-12(4-5-18-21)20-24(23)8-2-3-11-9(6-8)10(14(15,16)17)7-13(22)19-11;1-5(2,3)4;1-2/h2-7,20H,1H3,(H,19,22);1-4H3;1-2H3. The molecule has 172 valence electrons. The Bertz CT molecular complexity index is 1080. The molecule has 0 radical (unpaired) electrons. The van der Waals surface area contributed by atoms with E-state index in [4.69, 9.17) is 0 Å². The molecule has 0 saturated heterocycles. The second kappa shape index (κ2) is 10.6. The highest BCUT2D eigenvalue weighted by Crippen LogP contribution is 2.34. The third-order valence-corrected chi connectivity index (χ3v) is 4.43. The first-order valence-electron chi connectivity index (χ1n) is 9.66. The summed E-state index contributed by atoms with van der Waals surface area (Å²) in [4.78, 5) is 13.9. The van der Waals surface area contributed by atoms with Gasteiger partial charge in [0.2, 0.25) is 5.56 Å². The lowest BCUT2D eigenvalue weighted by atomic mass is 10.0. The van der Waals surface area contributed by atoms with Crippen LogP contribution in [-0.4, -0.2) is 19.0 Å². The van der Waals surface area contributed by atoms with E-state index in [9.17, 15) is 22.2 Å². The average Bonchev–Trinajstić information content (AvgIpc) is 3.04. The van der Waals surface area contributed by atoms with Crippen molar-refractivity contribution in [2.75, 3.05) is 4.72 Å². The Morgan fingerprint density at radius 1 is 1.06 bits per heavy atom. The van der Waals surface area contributed by atoms with Crippen molar-refractivity contribution in [1.82, 2.24) is 14.8 Å². The van der Waals surface area contributed by atoms with E-state index in [0.29, 0.717) is 17.3 Å². The van der Waals surface area contributed by atoms with Crippen molar-refractivity contribution in [2.24, 2.45) is 12.5 Å². The molecule has 0 bridgehead atoms. The van der Waals surface area contributed by atoms with Crippen LogP contribution in [0.4, 0.5) is 19.0 Å². The van der Waals surface area contributed by atoms with Gasteiger partial charge in [-0.2, -0.15) is 18.3 Å². The molecule has 0 saturated carbocycles. The monoisotopic (exact) mass is 458 g/mol. The van der Waals surface area contributed by atoms with Crippen molar-refractivity contribution in [3.63, 3.8) is 0 Å². The number of alkyl halides is 3. The van der Waals surface area contributed by atoms with Crippen LogP contribution in [0.2, 0.25) is 0 Å². The molecule has 31 heavy (non-hydrogen) atoms. The summed E-state index contributed by atoms with van der Waals surface area (Å²) in [5.74, 6) is 0.450. The third kappa shape index (κ3) is 8.20. The van der Waals surface area contributed by atoms with E-state index < -0.39 is 28.3 Å². The Labute approximate surface area is 182 Å². The molecule has 6 nitrogen and oxygen atoms in total. The summed E-state index contributed by atoms with van der Waals surface area (Å²) in [5, 5.41) is 3.68. The molecule has 0 amide bonds. The second-order valence-electron chi connectivity index (χ2n) is 7.96. The molecular formula is C21H29F3N4O2S. The van der Waals surface area contributed by atoms with Gasteiger partial charge in [0.25, 0.3) is 0 Å². The first-order valence-corrected chi connectivity index (χ1v) is 10.8. The second-order valence-corrected chi connectivity index (χ2v) is 9.18. The predicted octanol–water partition coefficient (Wildman–Crippen LogP) is 5.49. The first kappa shape index (κ1) is 26.4. The quantitative estimate of drug-likeness (QED) is 0.544. The van der Waals surface area contributed by atoms with E-state index >= 15 is 0 Å². The summed E-state index contributed by atoms with van der Waals surface area (Å²) < 4.78 is 55.8. The lowest BCUT2D eigenvalue weighted by Crippen LogP contribution is -2.14. The highest BCUT2D eigenvalue weighted by Gasteiger charge is 2.33. The number of pyridine rings is 1. The Hall–Kier alpha value is -2.62. The molecule has 3 aromatic rings. The van der Waals surface area contributed by atoms with Crippen LogP contribution >= 0.6 is 0 Å². The Morgan fingerprint density at radius 3 is 2.13 bits per heavy atom. The van der Waals surface area contributed by atoms with E-state index in [1.165, 1.54) is 23.0 Å². The van der Waals surface area contributed by atoms with Gasteiger partial charge in [0, 0.05) is 30.1 Å². The van der Waals surface area contributed by atoms with Crippen molar-refractivity contribution < 1.29 is 17.4 Å². The van der Waals surface area contributed by atoms with Crippen LogP contribution in [0.15, 0.2) is 46.2 Å². The maximum Gasteiger partial charge on any atom is 0.417 e. The van der Waals surface area contributed by atoms with Crippen LogP contribution in [0.3, 0.4) is 0 Å². The van der Waals surface area contributed by atoms with Crippen LogP contribution in [0.5, 0.6) is 0 Å². The molecule has 2 N–H and O–H groups in total. The van der Waals surface area contributed by atoms with Crippen LogP contribution < -0.4 is 10.3 Å². The van der Waals surface area contributed by atoms with Crippen molar-refractivity contribution in [2.45, 2.75) is 52.6 Å². The Balaban J connectivity index is 0.000000605. The highest BCUT2D eigenvalue weighted by molar-refractivity contribution is 7.86. The molecule has 2 aromatic heterocycles. The Kier molecular flexibility index (Phi) is 9.04. The summed E-state index contributed by atoms with van der Waals surface area (Å²) in [7, 11) is -0.158. The Morgan fingerprint density at radius 2 is 1.65 bits per heavy atom. The van der Waals surface area contributed by atoms with Gasteiger partial charge < -0.3 is 4.98 Å². The number of H-pyrrole nitrogens is 1. The zero-order chi connectivity index (χ0) is 24.0. The van der Waals surface area contributed by atoms with Gasteiger partial charge >= 0.3 is 6.18 Å². The average molecular weight is 459 g/mol. The molecule has 0 fully saturated rings. The number of benzene rings is 1. The van der Waals surface area contributed by atoms with Gasteiger partial charge in [0.15, 0.2) is 11.0 Å². The number of hydrogen-bond acceptors (Lipinski definition) is 3. The largest absolute Gasteiger partial charge is 0.417 e. The normalized spacial score (nSPS) is 12.3. The van der Waals surface area contributed by atoms with E-state index in [-0.39, 0.29) is 15.8 Å². The molecule has 1 atom stereocenters. The summed E-state index contributed by atoms with van der Waals surface area (Å²) in [6, 6.07) is 5.90. The van der Waals surface area contributed by atoms with Gasteiger partial charge in [-0.25, -0.2) is 4.21 Å². The summed E-state index contributed by atoms with van der Waals surface area (Å²) in [6.07, 6.45) is -3.20. The molecule has 10 heteroatoms. The zero-order valence-corrected chi connectivity index (χ0v) is 19.5. The smallest absolute Gasteiger partial charge is 0.322 e.